The predicted molar refractivity (Wildman–Crippen MR) is 71.6 cm³/mol. The number of nitrogens with two attached hydrogens (primary N) is 1. The van der Waals surface area contributed by atoms with E-state index in [4.69, 9.17) is 5.73 Å². The third-order valence-corrected chi connectivity index (χ3v) is 3.62. The summed E-state index contributed by atoms with van der Waals surface area (Å²) in [6, 6.07) is 0. The first-order valence-corrected chi connectivity index (χ1v) is 6.80. The molecule has 3 nitrogen and oxygen atoms in total. The van der Waals surface area contributed by atoms with Gasteiger partial charge in [0.2, 0.25) is 5.91 Å². The average molecular weight is 240 g/mol. The van der Waals surface area contributed by atoms with Gasteiger partial charge in [-0.2, -0.15) is 0 Å². The number of hydrogen-bond donors (Lipinski definition) is 1. The maximum Gasteiger partial charge on any atom is 0.225 e. The highest BCUT2D eigenvalue weighted by molar-refractivity contribution is 5.79. The minimum Gasteiger partial charge on any atom is -0.345 e. The van der Waals surface area contributed by atoms with Crippen molar-refractivity contribution in [3.63, 3.8) is 0 Å². The zero-order chi connectivity index (χ0) is 13.1. The molecule has 1 aliphatic carbocycles. The molecule has 2 N–H and O–H groups in total. The lowest BCUT2D eigenvalue weighted by Crippen LogP contribution is -2.43. The van der Waals surface area contributed by atoms with Crippen molar-refractivity contribution in [2.45, 2.75) is 46.5 Å². The van der Waals surface area contributed by atoms with Gasteiger partial charge in [-0.3, -0.25) is 4.79 Å². The van der Waals surface area contributed by atoms with Crippen LogP contribution >= 0.6 is 0 Å². The highest BCUT2D eigenvalue weighted by atomic mass is 16.2. The van der Waals surface area contributed by atoms with E-state index in [0.717, 1.165) is 19.4 Å². The summed E-state index contributed by atoms with van der Waals surface area (Å²) in [5.74, 6) is 0.870. The Morgan fingerprint density at radius 1 is 1.29 bits per heavy atom. The lowest BCUT2D eigenvalue weighted by Gasteiger charge is -2.35. The number of carbonyl (C=O) groups excluding carboxylic acids is 1. The first-order chi connectivity index (χ1) is 7.85. The van der Waals surface area contributed by atoms with E-state index in [2.05, 4.69) is 20.8 Å². The molecule has 1 aliphatic rings. The predicted octanol–water partition coefficient (Wildman–Crippen LogP) is 2.26. The summed E-state index contributed by atoms with van der Waals surface area (Å²) < 4.78 is 0. The minimum absolute atomic E-state index is 0.164. The lowest BCUT2D eigenvalue weighted by molar-refractivity contribution is -0.138. The van der Waals surface area contributed by atoms with Crippen molar-refractivity contribution in [2.24, 2.45) is 23.0 Å². The molecule has 0 radical (unpaired) electrons. The SMILES string of the molecule is CN(CC(C)(C)C)C(=O)C1CCCCC1CN. The largest absolute Gasteiger partial charge is 0.345 e. The monoisotopic (exact) mass is 240 g/mol. The van der Waals surface area contributed by atoms with Gasteiger partial charge in [0.15, 0.2) is 0 Å². The summed E-state index contributed by atoms with van der Waals surface area (Å²) in [5.41, 5.74) is 5.95. The van der Waals surface area contributed by atoms with Gasteiger partial charge < -0.3 is 10.6 Å². The molecule has 1 fully saturated rings. The van der Waals surface area contributed by atoms with Crippen LogP contribution in [-0.4, -0.2) is 30.9 Å². The summed E-state index contributed by atoms with van der Waals surface area (Å²) in [5, 5.41) is 0. The molecule has 1 amide bonds. The van der Waals surface area contributed by atoms with E-state index >= 15 is 0 Å². The molecule has 0 aromatic carbocycles. The van der Waals surface area contributed by atoms with Gasteiger partial charge in [-0.05, 0) is 30.7 Å². The molecule has 0 bridgehead atoms. The lowest BCUT2D eigenvalue weighted by atomic mass is 9.78. The van der Waals surface area contributed by atoms with Crippen LogP contribution in [0.1, 0.15) is 46.5 Å². The molecule has 0 spiro atoms. The molecule has 100 valence electrons. The van der Waals surface area contributed by atoms with Crippen molar-refractivity contribution in [1.29, 1.82) is 0 Å². The van der Waals surface area contributed by atoms with Gasteiger partial charge >= 0.3 is 0 Å². The van der Waals surface area contributed by atoms with Gasteiger partial charge in [-0.25, -0.2) is 0 Å². The Kier molecular flexibility index (Phi) is 4.99. The molecular formula is C14H28N2O. The van der Waals surface area contributed by atoms with E-state index in [1.807, 2.05) is 11.9 Å². The molecule has 0 aliphatic heterocycles. The Balaban J connectivity index is 2.60. The second-order valence-corrected chi connectivity index (χ2v) is 6.64. The van der Waals surface area contributed by atoms with Crippen molar-refractivity contribution in [2.75, 3.05) is 20.1 Å². The number of rotatable bonds is 3. The molecular weight excluding hydrogens is 212 g/mol. The maximum absolute atomic E-state index is 12.4. The Labute approximate surface area is 106 Å². The van der Waals surface area contributed by atoms with Crippen molar-refractivity contribution in [1.82, 2.24) is 4.90 Å². The van der Waals surface area contributed by atoms with Gasteiger partial charge in [0.05, 0.1) is 0 Å². The number of hydrogen-bond acceptors (Lipinski definition) is 2. The van der Waals surface area contributed by atoms with E-state index in [1.165, 1.54) is 12.8 Å². The smallest absolute Gasteiger partial charge is 0.225 e. The summed E-state index contributed by atoms with van der Waals surface area (Å²) in [4.78, 5) is 14.3. The van der Waals surface area contributed by atoms with Crippen LogP contribution in [0, 0.1) is 17.3 Å². The molecule has 0 saturated heterocycles. The summed E-state index contributed by atoms with van der Waals surface area (Å²) >= 11 is 0. The normalized spacial score (nSPS) is 25.7. The molecule has 3 heteroatoms. The van der Waals surface area contributed by atoms with Crippen molar-refractivity contribution in [3.8, 4) is 0 Å². The van der Waals surface area contributed by atoms with Crippen molar-refractivity contribution < 1.29 is 4.79 Å². The summed E-state index contributed by atoms with van der Waals surface area (Å²) in [7, 11) is 1.93. The summed E-state index contributed by atoms with van der Waals surface area (Å²) in [6.07, 6.45) is 4.55. The van der Waals surface area contributed by atoms with Crippen LogP contribution in [0.4, 0.5) is 0 Å². The van der Waals surface area contributed by atoms with Gasteiger partial charge in [0.25, 0.3) is 0 Å². The second-order valence-electron chi connectivity index (χ2n) is 6.64. The Morgan fingerprint density at radius 3 is 2.41 bits per heavy atom. The molecule has 2 unspecified atom stereocenters. The highest BCUT2D eigenvalue weighted by Gasteiger charge is 2.32. The Morgan fingerprint density at radius 2 is 1.88 bits per heavy atom. The van der Waals surface area contributed by atoms with E-state index in [9.17, 15) is 4.79 Å². The van der Waals surface area contributed by atoms with Crippen LogP contribution in [-0.2, 0) is 4.79 Å². The standard InChI is InChI=1S/C14H28N2O/c1-14(2,3)10-16(4)13(17)12-8-6-5-7-11(12)9-15/h11-12H,5-10,15H2,1-4H3. The second kappa shape index (κ2) is 5.85. The molecule has 17 heavy (non-hydrogen) atoms. The van der Waals surface area contributed by atoms with Crippen LogP contribution in [0.2, 0.25) is 0 Å². The zero-order valence-electron chi connectivity index (χ0n) is 11.8. The van der Waals surface area contributed by atoms with Crippen molar-refractivity contribution in [3.05, 3.63) is 0 Å². The van der Waals surface area contributed by atoms with Gasteiger partial charge in [-0.1, -0.05) is 33.6 Å². The number of carbonyl (C=O) groups is 1. The van der Waals surface area contributed by atoms with E-state index in [-0.39, 0.29) is 11.3 Å². The fourth-order valence-corrected chi connectivity index (χ4v) is 2.89. The zero-order valence-corrected chi connectivity index (χ0v) is 11.8. The molecule has 1 saturated carbocycles. The fourth-order valence-electron chi connectivity index (χ4n) is 2.89. The van der Waals surface area contributed by atoms with Crippen LogP contribution in [0.25, 0.3) is 0 Å². The first-order valence-electron chi connectivity index (χ1n) is 6.80. The Bertz CT molecular complexity index is 257. The topological polar surface area (TPSA) is 46.3 Å². The highest BCUT2D eigenvalue weighted by Crippen LogP contribution is 2.31. The van der Waals surface area contributed by atoms with Gasteiger partial charge in [0, 0.05) is 19.5 Å². The van der Waals surface area contributed by atoms with E-state index < -0.39 is 0 Å². The summed E-state index contributed by atoms with van der Waals surface area (Å²) in [6.45, 7) is 7.97. The quantitative estimate of drug-likeness (QED) is 0.822. The van der Waals surface area contributed by atoms with Crippen LogP contribution in [0.3, 0.4) is 0 Å². The van der Waals surface area contributed by atoms with Crippen LogP contribution in [0.5, 0.6) is 0 Å². The minimum atomic E-state index is 0.164. The Hall–Kier alpha value is -0.570. The third kappa shape index (κ3) is 4.30. The number of amides is 1. The van der Waals surface area contributed by atoms with Crippen LogP contribution in [0.15, 0.2) is 0 Å². The molecule has 2 atom stereocenters. The molecule has 0 aromatic rings. The average Bonchev–Trinajstić information content (AvgIpc) is 2.25. The molecule has 0 heterocycles. The van der Waals surface area contributed by atoms with E-state index in [1.54, 1.807) is 0 Å². The van der Waals surface area contributed by atoms with Crippen molar-refractivity contribution >= 4 is 5.91 Å². The number of nitrogens with zero attached hydrogens (tertiary/aromatic N) is 1. The van der Waals surface area contributed by atoms with Gasteiger partial charge in [-0.15, -0.1) is 0 Å². The van der Waals surface area contributed by atoms with Crippen LogP contribution < -0.4 is 5.73 Å². The van der Waals surface area contributed by atoms with E-state index in [0.29, 0.717) is 18.4 Å². The third-order valence-electron chi connectivity index (χ3n) is 3.62. The van der Waals surface area contributed by atoms with Gasteiger partial charge in [0.1, 0.15) is 0 Å². The maximum atomic E-state index is 12.4. The molecule has 0 aromatic heterocycles. The molecule has 1 rings (SSSR count). The fraction of sp³-hybridized carbons (Fsp3) is 0.929. The first kappa shape index (κ1) is 14.5.